The van der Waals surface area contributed by atoms with E-state index in [4.69, 9.17) is 4.84 Å². The minimum absolute atomic E-state index is 0.162. The Balaban J connectivity index is 1.59. The molecule has 0 aliphatic rings. The normalized spacial score (nSPS) is 10.7. The first-order valence-corrected chi connectivity index (χ1v) is 8.25. The van der Waals surface area contributed by atoms with Crippen LogP contribution in [0.1, 0.15) is 0 Å². The molecule has 0 unspecified atom stereocenters. The van der Waals surface area contributed by atoms with E-state index in [1.54, 1.807) is 18.6 Å². The van der Waals surface area contributed by atoms with Crippen molar-refractivity contribution in [2.45, 2.75) is 0 Å². The van der Waals surface area contributed by atoms with Crippen molar-refractivity contribution in [1.82, 2.24) is 24.7 Å². The van der Waals surface area contributed by atoms with Gasteiger partial charge >= 0.3 is 0 Å². The molecule has 0 aliphatic heterocycles. The van der Waals surface area contributed by atoms with Crippen LogP contribution < -0.4 is 10.2 Å². The van der Waals surface area contributed by atoms with Crippen LogP contribution in [0.3, 0.4) is 0 Å². The lowest BCUT2D eigenvalue weighted by molar-refractivity contribution is -0.120. The zero-order valence-corrected chi connectivity index (χ0v) is 13.7. The lowest BCUT2D eigenvalue weighted by Gasteiger charge is -2.09. The number of hydrogen-bond acceptors (Lipinski definition) is 7. The summed E-state index contributed by atoms with van der Waals surface area (Å²) < 4.78 is 1.36. The Morgan fingerprint density at radius 3 is 3.00 bits per heavy atom. The van der Waals surface area contributed by atoms with E-state index < -0.39 is 0 Å². The topological polar surface area (TPSA) is 94.8 Å². The third-order valence-electron chi connectivity index (χ3n) is 3.30. The highest BCUT2D eigenvalue weighted by Gasteiger charge is 2.14. The number of carbonyl (C=O) groups excluding carboxylic acids is 1. The van der Waals surface area contributed by atoms with Gasteiger partial charge < -0.3 is 10.2 Å². The van der Waals surface area contributed by atoms with Crippen LogP contribution in [0.5, 0.6) is 0 Å². The van der Waals surface area contributed by atoms with Gasteiger partial charge in [0, 0.05) is 12.4 Å². The monoisotopic (exact) mass is 352 g/mol. The van der Waals surface area contributed by atoms with Gasteiger partial charge in [-0.3, -0.25) is 9.78 Å². The molecule has 4 heterocycles. The Kier molecular flexibility index (Phi) is 4.05. The van der Waals surface area contributed by atoms with Crippen LogP contribution in [-0.2, 0) is 4.79 Å². The van der Waals surface area contributed by atoms with Crippen LogP contribution in [0.4, 0.5) is 5.82 Å². The SMILES string of the molecule is O=C(COn1ccnc1)Nc1nc(-c2ccccn2)nc2sccc12. The number of nitrogens with one attached hydrogen (secondary N) is 1. The Labute approximate surface area is 146 Å². The molecule has 0 aromatic carbocycles. The van der Waals surface area contributed by atoms with Crippen LogP contribution in [0.2, 0.25) is 0 Å². The number of fused-ring (bicyclic) bond motifs is 1. The number of pyridine rings is 1. The summed E-state index contributed by atoms with van der Waals surface area (Å²) in [7, 11) is 0. The summed E-state index contributed by atoms with van der Waals surface area (Å²) in [6.07, 6.45) is 6.31. The summed E-state index contributed by atoms with van der Waals surface area (Å²) in [5, 5.41) is 5.45. The van der Waals surface area contributed by atoms with Gasteiger partial charge in [0.25, 0.3) is 5.91 Å². The first kappa shape index (κ1) is 15.2. The standard InChI is InChI=1S/C16H12N6O2S/c23-13(9-24-22-7-6-17-10-22)19-14-11-4-8-25-16(11)21-15(20-14)12-3-1-2-5-18-12/h1-8,10H,9H2,(H,19,20,21,23). The zero-order chi connectivity index (χ0) is 17.1. The highest BCUT2D eigenvalue weighted by Crippen LogP contribution is 2.27. The van der Waals surface area contributed by atoms with Gasteiger partial charge in [-0.15, -0.1) is 11.3 Å². The number of anilines is 1. The third-order valence-corrected chi connectivity index (χ3v) is 4.11. The largest absolute Gasteiger partial charge is 0.403 e. The molecule has 0 saturated heterocycles. The fraction of sp³-hybridized carbons (Fsp3) is 0.0625. The Hall–Kier alpha value is -3.33. The van der Waals surface area contributed by atoms with Crippen molar-refractivity contribution in [2.24, 2.45) is 0 Å². The van der Waals surface area contributed by atoms with Gasteiger partial charge in [0.15, 0.2) is 12.4 Å². The van der Waals surface area contributed by atoms with Gasteiger partial charge in [-0.25, -0.2) is 15.0 Å². The Bertz CT molecular complexity index is 1000. The molecule has 9 heteroatoms. The van der Waals surface area contributed by atoms with Crippen LogP contribution >= 0.6 is 11.3 Å². The van der Waals surface area contributed by atoms with Crippen LogP contribution in [0.15, 0.2) is 54.6 Å². The quantitative estimate of drug-likeness (QED) is 0.590. The maximum Gasteiger partial charge on any atom is 0.266 e. The van der Waals surface area contributed by atoms with Crippen molar-refractivity contribution < 1.29 is 9.63 Å². The summed E-state index contributed by atoms with van der Waals surface area (Å²) in [4.78, 5) is 35.3. The van der Waals surface area contributed by atoms with Crippen molar-refractivity contribution in [1.29, 1.82) is 0 Å². The van der Waals surface area contributed by atoms with Crippen molar-refractivity contribution in [3.05, 3.63) is 54.6 Å². The fourth-order valence-electron chi connectivity index (χ4n) is 2.18. The number of carbonyl (C=O) groups is 1. The maximum absolute atomic E-state index is 12.2. The number of amides is 1. The van der Waals surface area contributed by atoms with Crippen molar-refractivity contribution >= 4 is 33.3 Å². The van der Waals surface area contributed by atoms with E-state index in [1.807, 2.05) is 29.6 Å². The van der Waals surface area contributed by atoms with Crippen molar-refractivity contribution in [3.63, 3.8) is 0 Å². The van der Waals surface area contributed by atoms with E-state index in [2.05, 4.69) is 25.3 Å². The van der Waals surface area contributed by atoms with Gasteiger partial charge in [-0.1, -0.05) is 6.07 Å². The minimum Gasteiger partial charge on any atom is -0.403 e. The second-order valence-corrected chi connectivity index (χ2v) is 5.89. The molecule has 0 fully saturated rings. The average molecular weight is 352 g/mol. The second-order valence-electron chi connectivity index (χ2n) is 4.99. The number of rotatable bonds is 5. The molecule has 1 N–H and O–H groups in total. The number of hydrogen-bond donors (Lipinski definition) is 1. The third kappa shape index (κ3) is 3.31. The smallest absolute Gasteiger partial charge is 0.266 e. The predicted molar refractivity (Wildman–Crippen MR) is 92.9 cm³/mol. The summed E-state index contributed by atoms with van der Waals surface area (Å²) in [5.74, 6) is 0.569. The number of nitrogens with zero attached hydrogens (tertiary/aromatic N) is 5. The van der Waals surface area contributed by atoms with E-state index in [0.717, 1.165) is 10.2 Å². The molecule has 4 aromatic heterocycles. The van der Waals surface area contributed by atoms with Crippen molar-refractivity contribution in [2.75, 3.05) is 11.9 Å². The first-order chi connectivity index (χ1) is 12.3. The molecular formula is C16H12N6O2S. The predicted octanol–water partition coefficient (Wildman–Crippen LogP) is 2.02. The average Bonchev–Trinajstić information content (AvgIpc) is 3.32. The van der Waals surface area contributed by atoms with E-state index in [-0.39, 0.29) is 12.5 Å². The molecule has 0 radical (unpaired) electrons. The van der Waals surface area contributed by atoms with Gasteiger partial charge in [0.2, 0.25) is 0 Å². The summed E-state index contributed by atoms with van der Waals surface area (Å²) in [5.41, 5.74) is 0.642. The van der Waals surface area contributed by atoms with E-state index in [0.29, 0.717) is 17.3 Å². The first-order valence-electron chi connectivity index (χ1n) is 7.37. The molecule has 8 nitrogen and oxygen atoms in total. The highest BCUT2D eigenvalue weighted by atomic mass is 32.1. The molecule has 4 aromatic rings. The van der Waals surface area contributed by atoms with Gasteiger partial charge in [-0.2, -0.15) is 4.73 Å². The number of thiophene rings is 1. The molecule has 0 atom stereocenters. The zero-order valence-electron chi connectivity index (χ0n) is 12.9. The molecule has 25 heavy (non-hydrogen) atoms. The van der Waals surface area contributed by atoms with Gasteiger partial charge in [-0.05, 0) is 23.6 Å². The second kappa shape index (κ2) is 6.65. The van der Waals surface area contributed by atoms with E-state index in [1.165, 1.54) is 22.4 Å². The van der Waals surface area contributed by atoms with Crippen LogP contribution in [-0.4, -0.2) is 37.2 Å². The summed E-state index contributed by atoms with van der Waals surface area (Å²) in [6.45, 7) is -0.162. The minimum atomic E-state index is -0.327. The molecule has 1 amide bonds. The fourth-order valence-corrected chi connectivity index (χ4v) is 2.95. The van der Waals surface area contributed by atoms with E-state index in [9.17, 15) is 4.79 Å². The Morgan fingerprint density at radius 2 is 2.20 bits per heavy atom. The molecule has 124 valence electrons. The molecule has 0 aliphatic carbocycles. The maximum atomic E-state index is 12.2. The summed E-state index contributed by atoms with van der Waals surface area (Å²) >= 11 is 1.47. The van der Waals surface area contributed by atoms with Gasteiger partial charge in [0.1, 0.15) is 22.7 Å². The molecule has 0 bridgehead atoms. The Morgan fingerprint density at radius 1 is 1.24 bits per heavy atom. The van der Waals surface area contributed by atoms with Crippen LogP contribution in [0.25, 0.3) is 21.7 Å². The number of imidazole rings is 1. The lowest BCUT2D eigenvalue weighted by Crippen LogP contribution is -2.25. The number of aromatic nitrogens is 5. The molecule has 0 saturated carbocycles. The molecular weight excluding hydrogens is 340 g/mol. The van der Waals surface area contributed by atoms with Crippen molar-refractivity contribution in [3.8, 4) is 11.5 Å². The van der Waals surface area contributed by atoms with Gasteiger partial charge in [0.05, 0.1) is 11.6 Å². The highest BCUT2D eigenvalue weighted by molar-refractivity contribution is 7.16. The lowest BCUT2D eigenvalue weighted by atomic mass is 10.3. The van der Waals surface area contributed by atoms with E-state index >= 15 is 0 Å². The molecule has 4 rings (SSSR count). The summed E-state index contributed by atoms with van der Waals surface area (Å²) in [6, 6.07) is 7.38. The molecule has 0 spiro atoms. The van der Waals surface area contributed by atoms with Crippen LogP contribution in [0, 0.1) is 0 Å².